The predicted octanol–water partition coefficient (Wildman–Crippen LogP) is 5.31. The lowest BCUT2D eigenvalue weighted by Crippen LogP contribution is -2.48. The first-order chi connectivity index (χ1) is 22.2. The maximum Gasteiger partial charge on any atom is 0.323 e. The van der Waals surface area contributed by atoms with Gasteiger partial charge in [-0.3, -0.25) is 9.67 Å². The van der Waals surface area contributed by atoms with Crippen LogP contribution in [0.1, 0.15) is 32.1 Å². The molecule has 0 saturated carbocycles. The Balaban J connectivity index is 1.13. The molecule has 2 aromatic carbocycles. The van der Waals surface area contributed by atoms with Gasteiger partial charge in [-0.15, -0.1) is 16.4 Å². The van der Waals surface area contributed by atoms with Gasteiger partial charge in [-0.1, -0.05) is 11.8 Å². The van der Waals surface area contributed by atoms with Crippen LogP contribution < -0.4 is 4.74 Å². The summed E-state index contributed by atoms with van der Waals surface area (Å²) in [5.41, 5.74) is -3.96. The Hall–Kier alpha value is -5.39. The fourth-order valence-electron chi connectivity index (χ4n) is 4.60. The zero-order valence-corrected chi connectivity index (χ0v) is 24.6. The van der Waals surface area contributed by atoms with Crippen molar-refractivity contribution in [1.82, 2.24) is 35.0 Å². The summed E-state index contributed by atoms with van der Waals surface area (Å²) in [6, 6.07) is 17.3. The standard InChI is InChI=1S/C32H23F4N7O2S/c33-24-7-12-28(29(34)16-24)31(44,20-43-21-38-40-41-43)32(35,36)30-13-6-23(17-37-30)3-2-22-4-8-25(9-5-22)45-19-27-11-10-26(46-27)18-42-15-1-14-39-42/h1,4-17,21,44H,18-20H2. The summed E-state index contributed by atoms with van der Waals surface area (Å²) < 4.78 is 68.7. The monoisotopic (exact) mass is 645 g/mol. The summed E-state index contributed by atoms with van der Waals surface area (Å²) in [5, 5.41) is 25.8. The highest BCUT2D eigenvalue weighted by Crippen LogP contribution is 2.46. The molecule has 0 bridgehead atoms. The maximum atomic E-state index is 15.9. The molecule has 0 aliphatic heterocycles. The largest absolute Gasteiger partial charge is 0.488 e. The van der Waals surface area contributed by atoms with E-state index < -0.39 is 41.0 Å². The van der Waals surface area contributed by atoms with Gasteiger partial charge in [-0.05, 0) is 77.2 Å². The number of rotatable bonds is 10. The molecule has 0 saturated heterocycles. The van der Waals surface area contributed by atoms with Crippen molar-refractivity contribution in [2.45, 2.75) is 31.2 Å². The van der Waals surface area contributed by atoms with E-state index in [1.165, 1.54) is 10.9 Å². The molecule has 0 fully saturated rings. The molecule has 0 aliphatic carbocycles. The molecule has 4 heterocycles. The average molecular weight is 646 g/mol. The summed E-state index contributed by atoms with van der Waals surface area (Å²) in [6.45, 7) is 0.168. The highest BCUT2D eigenvalue weighted by atomic mass is 32.1. The van der Waals surface area contributed by atoms with Crippen molar-refractivity contribution in [3.8, 4) is 17.6 Å². The zero-order valence-electron chi connectivity index (χ0n) is 23.8. The third-order valence-corrected chi connectivity index (χ3v) is 7.99. The van der Waals surface area contributed by atoms with Crippen molar-refractivity contribution in [1.29, 1.82) is 0 Å². The van der Waals surface area contributed by atoms with Crippen LogP contribution in [0.2, 0.25) is 0 Å². The molecule has 0 radical (unpaired) electrons. The summed E-state index contributed by atoms with van der Waals surface area (Å²) >= 11 is 1.65. The molecule has 232 valence electrons. The Morgan fingerprint density at radius 1 is 0.913 bits per heavy atom. The number of thiophene rings is 1. The third kappa shape index (κ3) is 6.65. The molecule has 1 unspecified atom stereocenters. The van der Waals surface area contributed by atoms with Crippen LogP contribution in [-0.4, -0.2) is 40.1 Å². The van der Waals surface area contributed by atoms with Crippen LogP contribution in [0.25, 0.3) is 0 Å². The first-order valence-corrected chi connectivity index (χ1v) is 14.5. The van der Waals surface area contributed by atoms with Crippen LogP contribution in [0.5, 0.6) is 5.75 Å². The van der Waals surface area contributed by atoms with Gasteiger partial charge in [0.1, 0.15) is 36.0 Å². The Morgan fingerprint density at radius 2 is 1.70 bits per heavy atom. The minimum atomic E-state index is -4.16. The first kappa shape index (κ1) is 30.6. The van der Waals surface area contributed by atoms with Crippen LogP contribution in [0.4, 0.5) is 17.6 Å². The summed E-state index contributed by atoms with van der Waals surface area (Å²) in [4.78, 5) is 6.07. The Bertz CT molecular complexity index is 1970. The number of tetrazole rings is 1. The number of halogens is 4. The van der Waals surface area contributed by atoms with Crippen molar-refractivity contribution in [3.05, 3.63) is 141 Å². The summed E-state index contributed by atoms with van der Waals surface area (Å²) in [7, 11) is 0. The lowest BCUT2D eigenvalue weighted by Gasteiger charge is -2.35. The number of aliphatic hydroxyl groups is 1. The SMILES string of the molecule is OC(Cn1cnnn1)(c1ccc(F)cc1F)C(F)(F)c1ccc(C#Cc2ccc(OCc3ccc(Cn4cccn4)s3)cc2)cn1. The van der Waals surface area contributed by atoms with E-state index in [0.29, 0.717) is 36.1 Å². The van der Waals surface area contributed by atoms with Gasteiger partial charge in [-0.25, -0.2) is 13.5 Å². The average Bonchev–Trinajstić information content (AvgIpc) is 3.84. The van der Waals surface area contributed by atoms with Crippen LogP contribution >= 0.6 is 11.3 Å². The molecule has 1 N–H and O–H groups in total. The van der Waals surface area contributed by atoms with Crippen LogP contribution in [-0.2, 0) is 31.2 Å². The van der Waals surface area contributed by atoms with Gasteiger partial charge in [0.15, 0.2) is 5.60 Å². The van der Waals surface area contributed by atoms with Crippen molar-refractivity contribution in [3.63, 3.8) is 0 Å². The van der Waals surface area contributed by atoms with Gasteiger partial charge in [0.05, 0.1) is 13.1 Å². The van der Waals surface area contributed by atoms with E-state index in [4.69, 9.17) is 4.74 Å². The second kappa shape index (κ2) is 12.9. The summed E-state index contributed by atoms with van der Waals surface area (Å²) in [6.07, 6.45) is 5.75. The number of nitrogens with zero attached hydrogens (tertiary/aromatic N) is 7. The molecule has 4 aromatic heterocycles. The second-order valence-corrected chi connectivity index (χ2v) is 11.4. The minimum absolute atomic E-state index is 0.320. The van der Waals surface area contributed by atoms with Crippen LogP contribution in [0, 0.1) is 23.5 Å². The third-order valence-electron chi connectivity index (χ3n) is 6.94. The number of ether oxygens (including phenoxy) is 1. The van der Waals surface area contributed by atoms with Gasteiger partial charge >= 0.3 is 5.92 Å². The molecule has 9 nitrogen and oxygen atoms in total. The molecule has 6 rings (SSSR count). The Morgan fingerprint density at radius 3 is 2.39 bits per heavy atom. The molecule has 14 heteroatoms. The number of pyridine rings is 1. The molecular formula is C32H23F4N7O2S. The molecule has 1 atom stereocenters. The van der Waals surface area contributed by atoms with Crippen LogP contribution in [0.3, 0.4) is 0 Å². The number of hydrogen-bond donors (Lipinski definition) is 1. The van der Waals surface area contributed by atoms with E-state index in [9.17, 15) is 13.9 Å². The van der Waals surface area contributed by atoms with E-state index >= 15 is 8.78 Å². The van der Waals surface area contributed by atoms with E-state index in [2.05, 4.69) is 43.5 Å². The quantitative estimate of drug-likeness (QED) is 0.159. The minimum Gasteiger partial charge on any atom is -0.488 e. The first-order valence-electron chi connectivity index (χ1n) is 13.7. The van der Waals surface area contributed by atoms with Gasteiger partial charge in [0.25, 0.3) is 0 Å². The van der Waals surface area contributed by atoms with Gasteiger partial charge in [-0.2, -0.15) is 13.9 Å². The van der Waals surface area contributed by atoms with Crippen molar-refractivity contribution in [2.24, 2.45) is 0 Å². The molecular weight excluding hydrogens is 622 g/mol. The number of alkyl halides is 2. The lowest BCUT2D eigenvalue weighted by molar-refractivity contribution is -0.207. The van der Waals surface area contributed by atoms with Gasteiger partial charge < -0.3 is 9.84 Å². The second-order valence-electron chi connectivity index (χ2n) is 10.1. The molecule has 0 amide bonds. The van der Waals surface area contributed by atoms with E-state index in [1.54, 1.807) is 41.8 Å². The van der Waals surface area contributed by atoms with Crippen molar-refractivity contribution < 1.29 is 27.4 Å². The molecule has 46 heavy (non-hydrogen) atoms. The lowest BCUT2D eigenvalue weighted by atomic mass is 9.84. The highest BCUT2D eigenvalue weighted by molar-refractivity contribution is 7.11. The normalized spacial score (nSPS) is 12.7. The Labute approximate surface area is 263 Å². The molecule has 0 aliphatic rings. The van der Waals surface area contributed by atoms with Gasteiger partial charge in [0, 0.05) is 51.1 Å². The fourth-order valence-corrected chi connectivity index (χ4v) is 5.53. The predicted molar refractivity (Wildman–Crippen MR) is 159 cm³/mol. The molecule has 0 spiro atoms. The van der Waals surface area contributed by atoms with E-state index in [1.807, 2.05) is 23.0 Å². The molecule has 6 aromatic rings. The maximum absolute atomic E-state index is 15.9. The van der Waals surface area contributed by atoms with E-state index in [-0.39, 0.29) is 0 Å². The number of benzene rings is 2. The smallest absolute Gasteiger partial charge is 0.323 e. The van der Waals surface area contributed by atoms with Crippen molar-refractivity contribution in [2.75, 3.05) is 0 Å². The zero-order chi connectivity index (χ0) is 32.1. The van der Waals surface area contributed by atoms with E-state index in [0.717, 1.165) is 40.3 Å². The number of aromatic nitrogens is 7. The Kier molecular flexibility index (Phi) is 8.60. The highest BCUT2D eigenvalue weighted by Gasteiger charge is 2.58. The summed E-state index contributed by atoms with van der Waals surface area (Å²) in [5.74, 6) is -0.0559. The van der Waals surface area contributed by atoms with Crippen molar-refractivity contribution >= 4 is 11.3 Å². The number of hydrogen-bond acceptors (Lipinski definition) is 8. The fraction of sp³-hybridized carbons (Fsp3) is 0.156. The topological polar surface area (TPSA) is 104 Å². The van der Waals surface area contributed by atoms with Crippen LogP contribution in [0.15, 0.2) is 97.7 Å². The van der Waals surface area contributed by atoms with Gasteiger partial charge in [0.2, 0.25) is 0 Å².